The fourth-order valence-corrected chi connectivity index (χ4v) is 0.959. The van der Waals surface area contributed by atoms with Crippen LogP contribution in [0.4, 0.5) is 0 Å². The average molecular weight is 224 g/mol. The van der Waals surface area contributed by atoms with Crippen molar-refractivity contribution in [2.75, 3.05) is 13.1 Å². The van der Waals surface area contributed by atoms with E-state index in [1.165, 1.54) is 0 Å². The highest BCUT2D eigenvalue weighted by atomic mass is 16.2. The van der Waals surface area contributed by atoms with Crippen LogP contribution < -0.4 is 10.6 Å². The van der Waals surface area contributed by atoms with Crippen LogP contribution in [-0.2, 0) is 9.59 Å². The van der Waals surface area contributed by atoms with Crippen molar-refractivity contribution in [1.29, 1.82) is 0 Å². The highest BCUT2D eigenvalue weighted by Crippen LogP contribution is 1.82. The van der Waals surface area contributed by atoms with E-state index < -0.39 is 0 Å². The fourth-order valence-electron chi connectivity index (χ4n) is 0.959. The monoisotopic (exact) mass is 224 g/mol. The predicted molar refractivity (Wildman–Crippen MR) is 63.6 cm³/mol. The quantitative estimate of drug-likeness (QED) is 0.518. The zero-order valence-corrected chi connectivity index (χ0v) is 10.1. The summed E-state index contributed by atoms with van der Waals surface area (Å²) >= 11 is 0. The Kier molecular flexibility index (Phi) is 9.09. The second-order valence-electron chi connectivity index (χ2n) is 3.47. The summed E-state index contributed by atoms with van der Waals surface area (Å²) in [6, 6.07) is 0. The third-order valence-electron chi connectivity index (χ3n) is 1.92. The molecule has 0 bridgehead atoms. The molecule has 0 aliphatic rings. The molecule has 0 atom stereocenters. The van der Waals surface area contributed by atoms with Gasteiger partial charge in [0.1, 0.15) is 0 Å². The smallest absolute Gasteiger partial charge is 0.296 e. The van der Waals surface area contributed by atoms with Crippen molar-refractivity contribution in [2.24, 2.45) is 0 Å². The molecule has 0 aliphatic heterocycles. The zero-order valence-electron chi connectivity index (χ0n) is 10.1. The highest BCUT2D eigenvalue weighted by molar-refractivity contribution is 6.02. The standard InChI is InChI=1S/C12H20N2O2/c1-3-5-9-13-11(15)7-8-12(16)14-10-6-4-2/h3-6,9-10H2,1-2H3,(H,13,15)(H,14,16). The van der Waals surface area contributed by atoms with E-state index in [9.17, 15) is 9.59 Å². The minimum atomic E-state index is -0.390. The molecule has 2 amide bonds. The maximum absolute atomic E-state index is 11.1. The van der Waals surface area contributed by atoms with Crippen LogP contribution in [0.2, 0.25) is 0 Å². The number of hydrogen-bond donors (Lipinski definition) is 2. The molecule has 4 heteroatoms. The summed E-state index contributed by atoms with van der Waals surface area (Å²) in [6.07, 6.45) is 3.89. The lowest BCUT2D eigenvalue weighted by Crippen LogP contribution is -2.25. The number of amides is 2. The lowest BCUT2D eigenvalue weighted by Gasteiger charge is -1.98. The van der Waals surface area contributed by atoms with Gasteiger partial charge in [-0.25, -0.2) is 0 Å². The van der Waals surface area contributed by atoms with Crippen molar-refractivity contribution in [3.63, 3.8) is 0 Å². The van der Waals surface area contributed by atoms with Crippen LogP contribution in [0, 0.1) is 11.8 Å². The minimum Gasteiger partial charge on any atom is -0.345 e. The van der Waals surface area contributed by atoms with Crippen LogP contribution in [0.15, 0.2) is 0 Å². The predicted octanol–water partition coefficient (Wildman–Crippen LogP) is 0.822. The van der Waals surface area contributed by atoms with Crippen molar-refractivity contribution >= 4 is 11.8 Å². The molecule has 0 unspecified atom stereocenters. The Morgan fingerprint density at radius 2 is 1.25 bits per heavy atom. The first-order valence-corrected chi connectivity index (χ1v) is 5.78. The lowest BCUT2D eigenvalue weighted by atomic mass is 10.3. The molecule has 16 heavy (non-hydrogen) atoms. The highest BCUT2D eigenvalue weighted by Gasteiger charge is 1.96. The maximum atomic E-state index is 11.1. The van der Waals surface area contributed by atoms with Gasteiger partial charge in [0.15, 0.2) is 0 Å². The Hall–Kier alpha value is -1.50. The van der Waals surface area contributed by atoms with Crippen LogP contribution in [0.25, 0.3) is 0 Å². The third kappa shape index (κ3) is 9.07. The van der Waals surface area contributed by atoms with E-state index in [1.807, 2.05) is 13.8 Å². The van der Waals surface area contributed by atoms with Crippen LogP contribution in [0.5, 0.6) is 0 Å². The lowest BCUT2D eigenvalue weighted by molar-refractivity contribution is -0.117. The number of nitrogens with one attached hydrogen (secondary N) is 2. The summed E-state index contributed by atoms with van der Waals surface area (Å²) in [5, 5.41) is 5.23. The second-order valence-corrected chi connectivity index (χ2v) is 3.47. The van der Waals surface area contributed by atoms with Gasteiger partial charge in [-0.05, 0) is 12.8 Å². The molecule has 0 aromatic carbocycles. The summed E-state index contributed by atoms with van der Waals surface area (Å²) in [4.78, 5) is 22.2. The van der Waals surface area contributed by atoms with Crippen molar-refractivity contribution in [1.82, 2.24) is 10.6 Å². The van der Waals surface area contributed by atoms with Gasteiger partial charge in [-0.1, -0.05) is 26.7 Å². The molecule has 0 saturated heterocycles. The molecule has 0 fully saturated rings. The van der Waals surface area contributed by atoms with Crippen LogP contribution in [-0.4, -0.2) is 24.9 Å². The van der Waals surface area contributed by atoms with E-state index in [1.54, 1.807) is 0 Å². The normalized spacial score (nSPS) is 8.88. The molecule has 2 N–H and O–H groups in total. The topological polar surface area (TPSA) is 58.2 Å². The van der Waals surface area contributed by atoms with E-state index >= 15 is 0 Å². The van der Waals surface area contributed by atoms with Crippen molar-refractivity contribution in [2.45, 2.75) is 39.5 Å². The number of carbonyl (C=O) groups is 2. The van der Waals surface area contributed by atoms with E-state index in [-0.39, 0.29) is 11.8 Å². The van der Waals surface area contributed by atoms with Crippen LogP contribution >= 0.6 is 0 Å². The number of rotatable bonds is 6. The van der Waals surface area contributed by atoms with Crippen LogP contribution in [0.3, 0.4) is 0 Å². The Morgan fingerprint density at radius 3 is 1.56 bits per heavy atom. The van der Waals surface area contributed by atoms with Crippen molar-refractivity contribution in [3.8, 4) is 11.8 Å². The summed E-state index contributed by atoms with van der Waals surface area (Å²) in [6.45, 7) is 5.31. The van der Waals surface area contributed by atoms with E-state index in [0.717, 1.165) is 25.7 Å². The van der Waals surface area contributed by atoms with Gasteiger partial charge in [-0.2, -0.15) is 0 Å². The Morgan fingerprint density at radius 1 is 0.875 bits per heavy atom. The van der Waals surface area contributed by atoms with Gasteiger partial charge in [-0.15, -0.1) is 0 Å². The molecule has 0 aliphatic carbocycles. The summed E-state index contributed by atoms with van der Waals surface area (Å²) in [5.41, 5.74) is 0. The first-order valence-electron chi connectivity index (χ1n) is 5.78. The second kappa shape index (κ2) is 10.0. The minimum absolute atomic E-state index is 0.390. The Bertz CT molecular complexity index is 250. The fraction of sp³-hybridized carbons (Fsp3) is 0.667. The van der Waals surface area contributed by atoms with E-state index in [2.05, 4.69) is 22.5 Å². The Balaban J connectivity index is 3.71. The van der Waals surface area contributed by atoms with Crippen molar-refractivity contribution in [3.05, 3.63) is 0 Å². The average Bonchev–Trinajstić information content (AvgIpc) is 2.27. The molecular formula is C12H20N2O2. The zero-order chi connectivity index (χ0) is 12.2. The number of carbonyl (C=O) groups excluding carboxylic acids is 2. The van der Waals surface area contributed by atoms with Gasteiger partial charge < -0.3 is 10.6 Å². The maximum Gasteiger partial charge on any atom is 0.296 e. The molecule has 0 radical (unpaired) electrons. The molecule has 0 saturated carbocycles. The van der Waals surface area contributed by atoms with Gasteiger partial charge in [-0.3, -0.25) is 9.59 Å². The van der Waals surface area contributed by atoms with Gasteiger partial charge in [0.05, 0.1) is 0 Å². The van der Waals surface area contributed by atoms with Gasteiger partial charge in [0, 0.05) is 24.9 Å². The molecule has 0 aromatic heterocycles. The van der Waals surface area contributed by atoms with Gasteiger partial charge in [0.25, 0.3) is 11.8 Å². The van der Waals surface area contributed by atoms with Gasteiger partial charge in [0.2, 0.25) is 0 Å². The number of unbranched alkanes of at least 4 members (excludes halogenated alkanes) is 2. The van der Waals surface area contributed by atoms with E-state index in [0.29, 0.717) is 13.1 Å². The first-order chi connectivity index (χ1) is 7.70. The van der Waals surface area contributed by atoms with Crippen molar-refractivity contribution < 1.29 is 9.59 Å². The summed E-state index contributed by atoms with van der Waals surface area (Å²) in [7, 11) is 0. The molecule has 90 valence electrons. The molecule has 0 spiro atoms. The van der Waals surface area contributed by atoms with E-state index in [4.69, 9.17) is 0 Å². The third-order valence-corrected chi connectivity index (χ3v) is 1.92. The first kappa shape index (κ1) is 14.5. The molecule has 4 nitrogen and oxygen atoms in total. The number of hydrogen-bond acceptors (Lipinski definition) is 2. The molecular weight excluding hydrogens is 204 g/mol. The Labute approximate surface area is 97.2 Å². The molecule has 0 rings (SSSR count). The SMILES string of the molecule is CCCCNC(=O)C#CC(=O)NCCCC. The van der Waals surface area contributed by atoms with Crippen LogP contribution in [0.1, 0.15) is 39.5 Å². The molecule has 0 heterocycles. The summed E-state index contributed by atoms with van der Waals surface area (Å²) in [5.74, 6) is 3.73. The summed E-state index contributed by atoms with van der Waals surface area (Å²) < 4.78 is 0. The largest absolute Gasteiger partial charge is 0.345 e. The van der Waals surface area contributed by atoms with Gasteiger partial charge >= 0.3 is 0 Å². The molecule has 0 aromatic rings.